The quantitative estimate of drug-likeness (QED) is 0.750. The summed E-state index contributed by atoms with van der Waals surface area (Å²) in [5, 5.41) is 0. The largest absolute Gasteiger partial charge is 0.296 e. The van der Waals surface area contributed by atoms with Gasteiger partial charge in [-0.05, 0) is 31.3 Å². The van der Waals surface area contributed by atoms with Gasteiger partial charge in [0.15, 0.2) is 5.78 Å². The van der Waals surface area contributed by atoms with Crippen LogP contribution in [0.3, 0.4) is 0 Å². The van der Waals surface area contributed by atoms with Crippen LogP contribution in [-0.4, -0.2) is 30.3 Å². The van der Waals surface area contributed by atoms with Crippen molar-refractivity contribution in [1.82, 2.24) is 4.90 Å². The van der Waals surface area contributed by atoms with Gasteiger partial charge < -0.3 is 0 Å². The van der Waals surface area contributed by atoms with E-state index >= 15 is 0 Å². The van der Waals surface area contributed by atoms with Crippen LogP contribution >= 0.6 is 0 Å². The Balaban J connectivity index is 0.000000249. The molecule has 0 aromatic heterocycles. The van der Waals surface area contributed by atoms with Crippen LogP contribution in [-0.2, 0) is 4.79 Å². The lowest BCUT2D eigenvalue weighted by Crippen LogP contribution is -2.34. The molecule has 0 atom stereocenters. The van der Waals surface area contributed by atoms with Gasteiger partial charge in [0.2, 0.25) is 0 Å². The van der Waals surface area contributed by atoms with Gasteiger partial charge in [-0.3, -0.25) is 9.69 Å². The minimum Gasteiger partial charge on any atom is -0.296 e. The highest BCUT2D eigenvalue weighted by Gasteiger charge is 2.20. The van der Waals surface area contributed by atoms with Crippen LogP contribution in [0.1, 0.15) is 47.0 Å². The standard InChI is InChI=1S/C10H14NO.C5H12/c12-10(9-4-5-9)8-11-6-2-1-3-7-11;1-5(2,3)4/h4-5H,1-3,6-8H2;1-4H3. The topological polar surface area (TPSA) is 20.3 Å². The van der Waals surface area contributed by atoms with E-state index in [4.69, 9.17) is 0 Å². The monoisotopic (exact) mass is 236 g/mol. The minimum atomic E-state index is 0.303. The Kier molecular flexibility index (Phi) is 5.38. The third-order valence-electron chi connectivity index (χ3n) is 2.47. The molecule has 2 rings (SSSR count). The predicted octanol–water partition coefficient (Wildman–Crippen LogP) is 3.24. The zero-order valence-electron chi connectivity index (χ0n) is 11.8. The molecule has 1 heterocycles. The van der Waals surface area contributed by atoms with Crippen LogP contribution in [0.15, 0.2) is 11.6 Å². The molecule has 1 aliphatic carbocycles. The summed E-state index contributed by atoms with van der Waals surface area (Å²) in [4.78, 5) is 13.6. The van der Waals surface area contributed by atoms with E-state index in [2.05, 4.69) is 32.6 Å². The number of piperidine rings is 1. The molecule has 1 aliphatic heterocycles. The van der Waals surface area contributed by atoms with Gasteiger partial charge in [-0.15, -0.1) is 0 Å². The summed E-state index contributed by atoms with van der Waals surface area (Å²) in [5.41, 5.74) is 1.43. The fourth-order valence-corrected chi connectivity index (χ4v) is 1.64. The molecule has 0 spiro atoms. The molecular formula is C15H26NO. The number of hydrogen-bond acceptors (Lipinski definition) is 2. The summed E-state index contributed by atoms with van der Waals surface area (Å²) in [7, 11) is 0. The molecule has 0 amide bonds. The zero-order valence-corrected chi connectivity index (χ0v) is 11.8. The molecule has 0 unspecified atom stereocenters. The number of allylic oxidation sites excluding steroid dienone is 1. The fraction of sp³-hybridized carbons (Fsp3) is 0.733. The number of rotatable bonds is 3. The van der Waals surface area contributed by atoms with E-state index in [0.717, 1.165) is 18.7 Å². The number of nitrogens with zero attached hydrogens (tertiary/aromatic N) is 1. The molecular weight excluding hydrogens is 210 g/mol. The zero-order chi connectivity index (χ0) is 12.9. The average molecular weight is 236 g/mol. The summed E-state index contributed by atoms with van der Waals surface area (Å²) < 4.78 is 0. The van der Waals surface area contributed by atoms with Crippen LogP contribution in [0.25, 0.3) is 0 Å². The first-order valence-electron chi connectivity index (χ1n) is 6.67. The third kappa shape index (κ3) is 8.14. The van der Waals surface area contributed by atoms with Crippen LogP contribution in [0.2, 0.25) is 0 Å². The van der Waals surface area contributed by atoms with Gasteiger partial charge in [0.1, 0.15) is 0 Å². The van der Waals surface area contributed by atoms with Gasteiger partial charge in [0, 0.05) is 12.0 Å². The molecule has 17 heavy (non-hydrogen) atoms. The van der Waals surface area contributed by atoms with Gasteiger partial charge in [-0.1, -0.05) is 40.2 Å². The molecule has 0 bridgehead atoms. The Morgan fingerprint density at radius 2 is 1.65 bits per heavy atom. The SMILES string of the molecule is CC(C)(C)C.O=C(CN1CCCCC1)C1=C[CH]1. The molecule has 0 N–H and O–H groups in total. The third-order valence-corrected chi connectivity index (χ3v) is 2.47. The number of ketones is 1. The highest BCUT2D eigenvalue weighted by molar-refractivity contribution is 6.04. The first-order valence-corrected chi connectivity index (χ1v) is 6.67. The maximum atomic E-state index is 11.3. The van der Waals surface area contributed by atoms with E-state index in [9.17, 15) is 4.79 Å². The summed E-state index contributed by atoms with van der Waals surface area (Å²) in [6.45, 7) is 11.6. The summed E-state index contributed by atoms with van der Waals surface area (Å²) >= 11 is 0. The van der Waals surface area contributed by atoms with Crippen molar-refractivity contribution in [3.63, 3.8) is 0 Å². The van der Waals surface area contributed by atoms with Gasteiger partial charge in [-0.2, -0.15) is 0 Å². The summed E-state index contributed by atoms with van der Waals surface area (Å²) in [5.74, 6) is 0.303. The average Bonchev–Trinajstić information content (AvgIpc) is 2.99. The molecule has 0 saturated carbocycles. The van der Waals surface area contributed by atoms with Crippen molar-refractivity contribution in [3.05, 3.63) is 18.1 Å². The van der Waals surface area contributed by atoms with Crippen molar-refractivity contribution in [1.29, 1.82) is 0 Å². The lowest BCUT2D eigenvalue weighted by atomic mass is 10.0. The summed E-state index contributed by atoms with van der Waals surface area (Å²) in [6, 6.07) is 0. The van der Waals surface area contributed by atoms with Crippen LogP contribution in [0.4, 0.5) is 0 Å². The van der Waals surface area contributed by atoms with Crippen molar-refractivity contribution in [3.8, 4) is 0 Å². The van der Waals surface area contributed by atoms with E-state index in [1.54, 1.807) is 0 Å². The van der Waals surface area contributed by atoms with Gasteiger partial charge in [0.25, 0.3) is 0 Å². The summed E-state index contributed by atoms with van der Waals surface area (Å²) in [6.07, 6.45) is 7.64. The molecule has 2 heteroatoms. The highest BCUT2D eigenvalue weighted by atomic mass is 16.1. The molecule has 1 radical (unpaired) electrons. The van der Waals surface area contributed by atoms with Gasteiger partial charge in [0.05, 0.1) is 6.54 Å². The molecule has 97 valence electrons. The van der Waals surface area contributed by atoms with Crippen molar-refractivity contribution >= 4 is 5.78 Å². The Hall–Kier alpha value is -0.630. The first-order chi connectivity index (χ1) is 7.86. The van der Waals surface area contributed by atoms with Crippen molar-refractivity contribution in [2.45, 2.75) is 47.0 Å². The molecule has 0 aromatic carbocycles. The van der Waals surface area contributed by atoms with E-state index < -0.39 is 0 Å². The minimum absolute atomic E-state index is 0.303. The second-order valence-electron chi connectivity index (χ2n) is 6.55. The second-order valence-corrected chi connectivity index (χ2v) is 6.55. The van der Waals surface area contributed by atoms with Gasteiger partial charge >= 0.3 is 0 Å². The Bertz CT molecular complexity index is 274. The lowest BCUT2D eigenvalue weighted by Gasteiger charge is -2.25. The van der Waals surface area contributed by atoms with E-state index in [0.29, 0.717) is 17.7 Å². The van der Waals surface area contributed by atoms with E-state index in [1.165, 1.54) is 19.3 Å². The van der Waals surface area contributed by atoms with Crippen molar-refractivity contribution < 1.29 is 4.79 Å². The van der Waals surface area contributed by atoms with Crippen molar-refractivity contribution in [2.24, 2.45) is 5.41 Å². The predicted molar refractivity (Wildman–Crippen MR) is 72.8 cm³/mol. The number of hydrogen-bond donors (Lipinski definition) is 0. The number of carbonyl (C=O) groups excluding carboxylic acids is 1. The lowest BCUT2D eigenvalue weighted by molar-refractivity contribution is -0.116. The first kappa shape index (κ1) is 14.4. The van der Waals surface area contributed by atoms with Crippen LogP contribution in [0.5, 0.6) is 0 Å². The van der Waals surface area contributed by atoms with Gasteiger partial charge in [-0.25, -0.2) is 0 Å². The maximum Gasteiger partial charge on any atom is 0.173 e. The number of carbonyl (C=O) groups is 1. The van der Waals surface area contributed by atoms with Crippen molar-refractivity contribution in [2.75, 3.05) is 19.6 Å². The Labute approximate surface area is 106 Å². The van der Waals surface area contributed by atoms with E-state index in [-0.39, 0.29) is 0 Å². The molecule has 1 saturated heterocycles. The fourth-order valence-electron chi connectivity index (χ4n) is 1.64. The highest BCUT2D eigenvalue weighted by Crippen LogP contribution is 2.18. The number of likely N-dealkylation sites (tertiary alicyclic amines) is 1. The maximum absolute atomic E-state index is 11.3. The smallest absolute Gasteiger partial charge is 0.173 e. The van der Waals surface area contributed by atoms with E-state index in [1.807, 2.05) is 12.5 Å². The second kappa shape index (κ2) is 6.34. The van der Waals surface area contributed by atoms with Crippen LogP contribution < -0.4 is 0 Å². The molecule has 2 aliphatic rings. The molecule has 1 fully saturated rings. The normalized spacial score (nSPS) is 20.1. The molecule has 2 nitrogen and oxygen atoms in total. The number of Topliss-reactive ketones (excluding diaryl/α,β-unsaturated/α-hetero) is 1. The molecule has 0 aromatic rings. The Morgan fingerprint density at radius 1 is 1.18 bits per heavy atom. The van der Waals surface area contributed by atoms with Crippen LogP contribution in [0, 0.1) is 11.8 Å². The Morgan fingerprint density at radius 3 is 2.06 bits per heavy atom.